The van der Waals surface area contributed by atoms with Gasteiger partial charge in [0.15, 0.2) is 0 Å². The normalized spacial score (nSPS) is 10.8. The third kappa shape index (κ3) is 2.68. The van der Waals surface area contributed by atoms with Crippen molar-refractivity contribution < 1.29 is 8.78 Å². The van der Waals surface area contributed by atoms with Crippen LogP contribution in [0.25, 0.3) is 0 Å². The highest BCUT2D eigenvalue weighted by atomic mass is 19.1. The first-order valence-corrected chi connectivity index (χ1v) is 5.33. The van der Waals surface area contributed by atoms with Gasteiger partial charge < -0.3 is 10.3 Å². The first kappa shape index (κ1) is 11.7. The highest BCUT2D eigenvalue weighted by Gasteiger charge is 2.07. The van der Waals surface area contributed by atoms with Gasteiger partial charge in [-0.05, 0) is 12.6 Å². The summed E-state index contributed by atoms with van der Waals surface area (Å²) in [4.78, 5) is 4.00. The summed E-state index contributed by atoms with van der Waals surface area (Å²) in [6, 6.07) is 3.57. The van der Waals surface area contributed by atoms with E-state index in [0.29, 0.717) is 25.1 Å². The van der Waals surface area contributed by atoms with Crippen molar-refractivity contribution in [1.29, 1.82) is 0 Å². The summed E-state index contributed by atoms with van der Waals surface area (Å²) in [5, 5.41) is 0. The monoisotopic (exact) mass is 237 g/mol. The predicted molar refractivity (Wildman–Crippen MR) is 60.4 cm³/mol. The lowest BCUT2D eigenvalue weighted by Gasteiger charge is -2.08. The van der Waals surface area contributed by atoms with E-state index >= 15 is 0 Å². The van der Waals surface area contributed by atoms with Crippen LogP contribution >= 0.6 is 0 Å². The summed E-state index contributed by atoms with van der Waals surface area (Å²) in [6.45, 7) is 0.846. The molecule has 0 aliphatic carbocycles. The molecule has 0 unspecified atom stereocenters. The third-order valence-electron chi connectivity index (χ3n) is 2.55. The van der Waals surface area contributed by atoms with E-state index in [1.54, 1.807) is 12.5 Å². The Morgan fingerprint density at radius 3 is 2.82 bits per heavy atom. The van der Waals surface area contributed by atoms with Crippen LogP contribution in [0, 0.1) is 11.6 Å². The molecule has 0 aliphatic rings. The molecule has 0 atom stereocenters. The molecule has 3 nitrogen and oxygen atoms in total. The fourth-order valence-electron chi connectivity index (χ4n) is 1.68. The zero-order valence-corrected chi connectivity index (χ0v) is 9.24. The lowest BCUT2D eigenvalue weighted by molar-refractivity contribution is 0.564. The molecule has 0 spiro atoms. The third-order valence-corrected chi connectivity index (χ3v) is 2.55. The Hall–Kier alpha value is -1.75. The van der Waals surface area contributed by atoms with Crippen LogP contribution in [0.1, 0.15) is 11.3 Å². The maximum absolute atomic E-state index is 13.5. The molecule has 0 radical (unpaired) electrons. The van der Waals surface area contributed by atoms with Crippen LogP contribution < -0.4 is 5.73 Å². The summed E-state index contributed by atoms with van der Waals surface area (Å²) < 4.78 is 28.0. The minimum Gasteiger partial charge on any atom is -0.330 e. The fourth-order valence-corrected chi connectivity index (χ4v) is 1.68. The highest BCUT2D eigenvalue weighted by Crippen LogP contribution is 2.12. The SMILES string of the molecule is NCCc1cncn1Cc1ccc(F)cc1F. The van der Waals surface area contributed by atoms with E-state index in [1.807, 2.05) is 4.57 Å². The van der Waals surface area contributed by atoms with Gasteiger partial charge >= 0.3 is 0 Å². The first-order valence-electron chi connectivity index (χ1n) is 5.33. The molecule has 2 aromatic rings. The van der Waals surface area contributed by atoms with Crippen LogP contribution in [0.4, 0.5) is 8.78 Å². The zero-order chi connectivity index (χ0) is 12.3. The Bertz CT molecular complexity index is 508. The molecule has 1 aromatic heterocycles. The first-order chi connectivity index (χ1) is 8.20. The second kappa shape index (κ2) is 5.05. The van der Waals surface area contributed by atoms with E-state index in [0.717, 1.165) is 11.8 Å². The Morgan fingerprint density at radius 2 is 2.12 bits per heavy atom. The van der Waals surface area contributed by atoms with Crippen LogP contribution in [0.5, 0.6) is 0 Å². The second-order valence-corrected chi connectivity index (χ2v) is 3.79. The van der Waals surface area contributed by atoms with Gasteiger partial charge in [-0.1, -0.05) is 6.07 Å². The van der Waals surface area contributed by atoms with Gasteiger partial charge in [0.1, 0.15) is 11.6 Å². The minimum absolute atomic E-state index is 0.335. The topological polar surface area (TPSA) is 43.8 Å². The van der Waals surface area contributed by atoms with Crippen molar-refractivity contribution in [2.45, 2.75) is 13.0 Å². The maximum atomic E-state index is 13.5. The van der Waals surface area contributed by atoms with Crippen molar-refractivity contribution in [3.05, 3.63) is 53.6 Å². The average Bonchev–Trinajstić information content (AvgIpc) is 2.71. The number of hydrogen-bond acceptors (Lipinski definition) is 2. The lowest BCUT2D eigenvalue weighted by atomic mass is 10.2. The van der Waals surface area contributed by atoms with Gasteiger partial charge in [-0.3, -0.25) is 0 Å². The molecule has 2 rings (SSSR count). The van der Waals surface area contributed by atoms with Gasteiger partial charge in [0.25, 0.3) is 0 Å². The van der Waals surface area contributed by atoms with Crippen molar-refractivity contribution >= 4 is 0 Å². The zero-order valence-electron chi connectivity index (χ0n) is 9.24. The van der Waals surface area contributed by atoms with Crippen LogP contribution in [0.2, 0.25) is 0 Å². The molecule has 0 saturated heterocycles. The van der Waals surface area contributed by atoms with E-state index < -0.39 is 11.6 Å². The van der Waals surface area contributed by atoms with E-state index in [4.69, 9.17) is 5.73 Å². The minimum atomic E-state index is -0.570. The molecule has 0 saturated carbocycles. The summed E-state index contributed by atoms with van der Waals surface area (Å²) in [7, 11) is 0. The highest BCUT2D eigenvalue weighted by molar-refractivity contribution is 5.19. The smallest absolute Gasteiger partial charge is 0.131 e. The summed E-state index contributed by atoms with van der Waals surface area (Å²) >= 11 is 0. The van der Waals surface area contributed by atoms with E-state index in [9.17, 15) is 8.78 Å². The van der Waals surface area contributed by atoms with Crippen LogP contribution in [0.3, 0.4) is 0 Å². The molecule has 0 bridgehead atoms. The largest absolute Gasteiger partial charge is 0.330 e. The Kier molecular flexibility index (Phi) is 3.49. The van der Waals surface area contributed by atoms with Gasteiger partial charge in [-0.15, -0.1) is 0 Å². The van der Waals surface area contributed by atoms with Crippen molar-refractivity contribution in [2.75, 3.05) is 6.54 Å². The van der Waals surface area contributed by atoms with Gasteiger partial charge in [0.05, 0.1) is 12.9 Å². The molecule has 2 N–H and O–H groups in total. The van der Waals surface area contributed by atoms with Crippen LogP contribution in [-0.2, 0) is 13.0 Å². The number of hydrogen-bond donors (Lipinski definition) is 1. The van der Waals surface area contributed by atoms with Crippen molar-refractivity contribution in [3.8, 4) is 0 Å². The van der Waals surface area contributed by atoms with Gasteiger partial charge in [0.2, 0.25) is 0 Å². The van der Waals surface area contributed by atoms with E-state index in [-0.39, 0.29) is 0 Å². The average molecular weight is 237 g/mol. The molecule has 0 aliphatic heterocycles. The van der Waals surface area contributed by atoms with Gasteiger partial charge in [-0.2, -0.15) is 0 Å². The molecule has 17 heavy (non-hydrogen) atoms. The number of nitrogens with zero attached hydrogens (tertiary/aromatic N) is 2. The van der Waals surface area contributed by atoms with Crippen LogP contribution in [-0.4, -0.2) is 16.1 Å². The number of imidazole rings is 1. The summed E-state index contributed by atoms with van der Waals surface area (Å²) in [5.41, 5.74) is 6.84. The van der Waals surface area contributed by atoms with Gasteiger partial charge in [0, 0.05) is 29.9 Å². The van der Waals surface area contributed by atoms with Crippen molar-refractivity contribution in [1.82, 2.24) is 9.55 Å². The predicted octanol–water partition coefficient (Wildman–Crippen LogP) is 1.71. The lowest BCUT2D eigenvalue weighted by Crippen LogP contribution is -2.10. The number of halogens is 2. The van der Waals surface area contributed by atoms with E-state index in [1.165, 1.54) is 12.1 Å². The van der Waals surface area contributed by atoms with Crippen molar-refractivity contribution in [3.63, 3.8) is 0 Å². The number of aromatic nitrogens is 2. The molecule has 5 heteroatoms. The second-order valence-electron chi connectivity index (χ2n) is 3.79. The Labute approximate surface area is 97.9 Å². The molecule has 1 aromatic carbocycles. The Morgan fingerprint density at radius 1 is 1.29 bits per heavy atom. The Balaban J connectivity index is 2.22. The number of benzene rings is 1. The number of nitrogens with two attached hydrogens (primary N) is 1. The molecule has 1 heterocycles. The van der Waals surface area contributed by atoms with Gasteiger partial charge in [-0.25, -0.2) is 13.8 Å². The summed E-state index contributed by atoms with van der Waals surface area (Å²) in [6.07, 6.45) is 4.00. The molecular formula is C12H13F2N3. The molecule has 0 fully saturated rings. The molecule has 0 amide bonds. The van der Waals surface area contributed by atoms with Crippen LogP contribution in [0.15, 0.2) is 30.7 Å². The van der Waals surface area contributed by atoms with Crippen molar-refractivity contribution in [2.24, 2.45) is 5.73 Å². The maximum Gasteiger partial charge on any atom is 0.131 e. The number of rotatable bonds is 4. The quantitative estimate of drug-likeness (QED) is 0.879. The fraction of sp³-hybridized carbons (Fsp3) is 0.250. The summed E-state index contributed by atoms with van der Waals surface area (Å²) in [5.74, 6) is -1.11. The molecular weight excluding hydrogens is 224 g/mol. The standard InChI is InChI=1S/C12H13F2N3/c13-10-2-1-9(12(14)5-10)7-17-8-16-6-11(17)3-4-15/h1-2,5-6,8H,3-4,7,15H2. The molecule has 90 valence electrons. The van der Waals surface area contributed by atoms with E-state index in [2.05, 4.69) is 4.98 Å².